The molecule has 0 saturated carbocycles. The van der Waals surface area contributed by atoms with Crippen LogP contribution in [0, 0.1) is 0 Å². The van der Waals surface area contributed by atoms with Crippen molar-refractivity contribution in [1.82, 2.24) is 9.78 Å². The van der Waals surface area contributed by atoms with E-state index in [2.05, 4.69) is 9.84 Å². The molecule has 0 unspecified atom stereocenters. The molecule has 0 aliphatic heterocycles. The summed E-state index contributed by atoms with van der Waals surface area (Å²) < 4.78 is 65.5. The molecule has 1 aromatic heterocycles. The first-order valence-electron chi connectivity index (χ1n) is 6.45. The third-order valence-electron chi connectivity index (χ3n) is 2.91. The number of hydrogen-bond donors (Lipinski definition) is 1. The number of alkyl halides is 3. The minimum atomic E-state index is -5.03. The van der Waals surface area contributed by atoms with E-state index in [4.69, 9.17) is 5.14 Å². The number of halogens is 3. The van der Waals surface area contributed by atoms with Crippen molar-refractivity contribution in [3.63, 3.8) is 0 Å². The fraction of sp³-hybridized carbons (Fsp3) is 0.308. The van der Waals surface area contributed by atoms with Gasteiger partial charge in [-0.15, -0.1) is 13.2 Å². The maximum Gasteiger partial charge on any atom is 0.573 e. The van der Waals surface area contributed by atoms with E-state index in [0.717, 1.165) is 12.1 Å². The third-order valence-corrected chi connectivity index (χ3v) is 3.84. The van der Waals surface area contributed by atoms with E-state index in [1.54, 1.807) is 16.9 Å². The van der Waals surface area contributed by atoms with Crippen LogP contribution in [0.15, 0.2) is 35.4 Å². The zero-order valence-electron chi connectivity index (χ0n) is 12.2. The molecule has 1 heterocycles. The molecule has 0 saturated heterocycles. The average molecular weight is 349 g/mol. The summed E-state index contributed by atoms with van der Waals surface area (Å²) >= 11 is 0. The molecular weight excluding hydrogens is 335 g/mol. The number of ether oxygens (including phenoxy) is 1. The van der Waals surface area contributed by atoms with Crippen LogP contribution < -0.4 is 9.88 Å². The first-order chi connectivity index (χ1) is 10.5. The van der Waals surface area contributed by atoms with Crippen molar-refractivity contribution in [2.24, 2.45) is 5.14 Å². The summed E-state index contributed by atoms with van der Waals surface area (Å²) in [5, 5.41) is 9.20. The number of nitrogens with zero attached hydrogens (tertiary/aromatic N) is 2. The van der Waals surface area contributed by atoms with Crippen LogP contribution in [-0.4, -0.2) is 24.6 Å². The zero-order valence-corrected chi connectivity index (χ0v) is 13.0. The smallest absolute Gasteiger partial charge is 0.404 e. The Bertz CT molecular complexity index is 813. The summed E-state index contributed by atoms with van der Waals surface area (Å²) in [6, 6.07) is 4.88. The molecule has 23 heavy (non-hydrogen) atoms. The largest absolute Gasteiger partial charge is 0.573 e. The number of sulfonamides is 1. The van der Waals surface area contributed by atoms with Crippen molar-refractivity contribution in [3.05, 3.63) is 30.5 Å². The molecule has 2 N–H and O–H groups in total. The Morgan fingerprint density at radius 1 is 1.26 bits per heavy atom. The first-order valence-corrected chi connectivity index (χ1v) is 8.00. The maximum absolute atomic E-state index is 12.4. The Morgan fingerprint density at radius 3 is 2.39 bits per heavy atom. The van der Waals surface area contributed by atoms with Gasteiger partial charge >= 0.3 is 6.36 Å². The second-order valence-electron chi connectivity index (χ2n) is 5.03. The zero-order chi connectivity index (χ0) is 17.4. The highest BCUT2D eigenvalue weighted by Gasteiger charge is 2.33. The van der Waals surface area contributed by atoms with Gasteiger partial charge in [0, 0.05) is 17.8 Å². The molecule has 0 aliphatic rings. The van der Waals surface area contributed by atoms with E-state index >= 15 is 0 Å². The molecule has 2 rings (SSSR count). The van der Waals surface area contributed by atoms with E-state index in [0.29, 0.717) is 11.3 Å². The van der Waals surface area contributed by atoms with Crippen LogP contribution in [0.3, 0.4) is 0 Å². The molecule has 6 nitrogen and oxygen atoms in total. The Morgan fingerprint density at radius 2 is 1.91 bits per heavy atom. The van der Waals surface area contributed by atoms with Gasteiger partial charge < -0.3 is 4.74 Å². The monoisotopic (exact) mass is 349 g/mol. The van der Waals surface area contributed by atoms with Gasteiger partial charge in [0.05, 0.1) is 5.69 Å². The number of rotatable bonds is 4. The minimum Gasteiger partial charge on any atom is -0.404 e. The normalized spacial score (nSPS) is 12.7. The van der Waals surface area contributed by atoms with Crippen molar-refractivity contribution >= 4 is 10.0 Å². The van der Waals surface area contributed by atoms with Crippen LogP contribution in [0.1, 0.15) is 19.9 Å². The van der Waals surface area contributed by atoms with Crippen molar-refractivity contribution in [3.8, 4) is 17.0 Å². The first kappa shape index (κ1) is 17.3. The molecule has 0 amide bonds. The lowest BCUT2D eigenvalue weighted by Crippen LogP contribution is -2.21. The third kappa shape index (κ3) is 4.23. The molecule has 0 fully saturated rings. The quantitative estimate of drug-likeness (QED) is 0.919. The Balaban J connectivity index is 2.52. The molecule has 2 aromatic rings. The van der Waals surface area contributed by atoms with Crippen LogP contribution in [0.4, 0.5) is 13.2 Å². The lowest BCUT2D eigenvalue weighted by molar-refractivity contribution is -0.275. The Hall–Kier alpha value is -2.07. The molecule has 0 spiro atoms. The van der Waals surface area contributed by atoms with Crippen LogP contribution in [0.5, 0.6) is 5.75 Å². The summed E-state index contributed by atoms with van der Waals surface area (Å²) in [4.78, 5) is -0.758. The van der Waals surface area contributed by atoms with E-state index in [9.17, 15) is 21.6 Å². The number of hydrogen-bond acceptors (Lipinski definition) is 4. The Kier molecular flexibility index (Phi) is 4.40. The second-order valence-corrected chi connectivity index (χ2v) is 6.56. The van der Waals surface area contributed by atoms with E-state index in [-0.39, 0.29) is 6.04 Å². The summed E-state index contributed by atoms with van der Waals surface area (Å²) in [7, 11) is -4.41. The number of benzene rings is 1. The molecule has 0 atom stereocenters. The van der Waals surface area contributed by atoms with Crippen molar-refractivity contribution in [2.75, 3.05) is 0 Å². The number of aromatic nitrogens is 2. The van der Waals surface area contributed by atoms with Gasteiger partial charge in [-0.2, -0.15) is 5.10 Å². The van der Waals surface area contributed by atoms with Crippen LogP contribution in [-0.2, 0) is 10.0 Å². The van der Waals surface area contributed by atoms with Gasteiger partial charge in [-0.3, -0.25) is 4.68 Å². The van der Waals surface area contributed by atoms with Crippen LogP contribution in [0.25, 0.3) is 11.3 Å². The molecule has 10 heteroatoms. The van der Waals surface area contributed by atoms with Crippen molar-refractivity contribution < 1.29 is 26.3 Å². The fourth-order valence-electron chi connectivity index (χ4n) is 1.88. The number of nitrogens with two attached hydrogens (primary N) is 1. The lowest BCUT2D eigenvalue weighted by atomic mass is 10.1. The van der Waals surface area contributed by atoms with Gasteiger partial charge in [-0.25, -0.2) is 13.6 Å². The number of primary sulfonamides is 1. The summed E-state index contributed by atoms with van der Waals surface area (Å²) in [6.07, 6.45) is -3.35. The standard InChI is InChI=1S/C13H14F3N3O3S/c1-8(2)19-6-5-10(18-19)9-3-4-11(22-13(14,15)16)12(7-9)23(17,20)21/h3-8H,1-2H3,(H2,17,20,21). The minimum absolute atomic E-state index is 0.0781. The average Bonchev–Trinajstić information content (AvgIpc) is 2.85. The molecule has 0 radical (unpaired) electrons. The summed E-state index contributed by atoms with van der Waals surface area (Å²) in [6.45, 7) is 3.79. The molecule has 0 aliphatic carbocycles. The predicted molar refractivity (Wildman–Crippen MR) is 76.1 cm³/mol. The van der Waals surface area contributed by atoms with Gasteiger partial charge in [-0.05, 0) is 38.1 Å². The van der Waals surface area contributed by atoms with E-state index in [1.165, 1.54) is 6.07 Å². The van der Waals surface area contributed by atoms with Crippen LogP contribution >= 0.6 is 0 Å². The van der Waals surface area contributed by atoms with Gasteiger partial charge in [0.15, 0.2) is 0 Å². The maximum atomic E-state index is 12.4. The molecule has 1 aromatic carbocycles. The van der Waals surface area contributed by atoms with Gasteiger partial charge in [0.2, 0.25) is 10.0 Å². The predicted octanol–water partition coefficient (Wildman–Crippen LogP) is 2.68. The van der Waals surface area contributed by atoms with Gasteiger partial charge in [-0.1, -0.05) is 0 Å². The fourth-order valence-corrected chi connectivity index (χ4v) is 2.56. The highest BCUT2D eigenvalue weighted by atomic mass is 32.2. The Labute approximate surface area is 130 Å². The van der Waals surface area contributed by atoms with Crippen LogP contribution in [0.2, 0.25) is 0 Å². The SMILES string of the molecule is CC(C)n1ccc(-c2ccc(OC(F)(F)F)c(S(N)(=O)=O)c2)n1. The highest BCUT2D eigenvalue weighted by Crippen LogP contribution is 2.32. The molecule has 126 valence electrons. The summed E-state index contributed by atoms with van der Waals surface area (Å²) in [5.74, 6) is -0.882. The second kappa shape index (κ2) is 5.85. The van der Waals surface area contributed by atoms with Gasteiger partial charge in [0.1, 0.15) is 10.6 Å². The molecule has 0 bridgehead atoms. The molecular formula is C13H14F3N3O3S. The van der Waals surface area contributed by atoms with Gasteiger partial charge in [0.25, 0.3) is 0 Å². The summed E-state index contributed by atoms with van der Waals surface area (Å²) in [5.41, 5.74) is 0.713. The van der Waals surface area contributed by atoms with Crippen molar-refractivity contribution in [1.29, 1.82) is 0 Å². The van der Waals surface area contributed by atoms with Crippen molar-refractivity contribution in [2.45, 2.75) is 31.1 Å². The van der Waals surface area contributed by atoms with E-state index < -0.39 is 27.0 Å². The lowest BCUT2D eigenvalue weighted by Gasteiger charge is -2.13. The highest BCUT2D eigenvalue weighted by molar-refractivity contribution is 7.89. The topological polar surface area (TPSA) is 87.2 Å². The van der Waals surface area contributed by atoms with E-state index in [1.807, 2.05) is 13.8 Å².